The normalized spacial score (nSPS) is 15.2. The predicted octanol–water partition coefficient (Wildman–Crippen LogP) is 2.91. The Morgan fingerprint density at radius 1 is 1.35 bits per heavy atom. The minimum atomic E-state index is -0.000776. The third-order valence-corrected chi connectivity index (χ3v) is 3.53. The summed E-state index contributed by atoms with van der Waals surface area (Å²) in [5.74, 6) is 1.65. The van der Waals surface area contributed by atoms with Gasteiger partial charge in [0.15, 0.2) is 0 Å². The van der Waals surface area contributed by atoms with E-state index in [0.717, 1.165) is 11.7 Å². The summed E-state index contributed by atoms with van der Waals surface area (Å²) in [7, 11) is 0. The molecule has 0 unspecified atom stereocenters. The Hall–Kier alpha value is -1.62. The molecular weight excluding hydrogens is 252 g/mol. The van der Waals surface area contributed by atoms with Crippen molar-refractivity contribution in [3.63, 3.8) is 0 Å². The van der Waals surface area contributed by atoms with Crippen molar-refractivity contribution in [2.45, 2.75) is 58.7 Å². The number of nitrogens with zero attached hydrogens (tertiary/aromatic N) is 3. The molecule has 110 valence electrons. The molecule has 0 saturated carbocycles. The van der Waals surface area contributed by atoms with E-state index in [4.69, 9.17) is 4.42 Å². The molecule has 20 heavy (non-hydrogen) atoms. The van der Waals surface area contributed by atoms with Crippen molar-refractivity contribution in [3.8, 4) is 0 Å². The van der Waals surface area contributed by atoms with Crippen molar-refractivity contribution in [1.29, 1.82) is 0 Å². The van der Waals surface area contributed by atoms with Gasteiger partial charge in [0.2, 0.25) is 5.89 Å². The topological polar surface area (TPSA) is 55.9 Å². The Morgan fingerprint density at radius 3 is 2.65 bits per heavy atom. The molecule has 0 spiro atoms. The Labute approximate surface area is 120 Å². The van der Waals surface area contributed by atoms with Crippen LogP contribution in [0.5, 0.6) is 0 Å². The van der Waals surface area contributed by atoms with Gasteiger partial charge in [0.05, 0.1) is 18.8 Å². The molecule has 0 saturated heterocycles. The average molecular weight is 276 g/mol. The van der Waals surface area contributed by atoms with Crippen molar-refractivity contribution in [2.24, 2.45) is 0 Å². The Morgan fingerprint density at radius 2 is 2.10 bits per heavy atom. The van der Waals surface area contributed by atoms with Crippen LogP contribution in [0.1, 0.15) is 52.3 Å². The maximum Gasteiger partial charge on any atom is 0.208 e. The molecule has 0 radical (unpaired) electrons. The summed E-state index contributed by atoms with van der Waals surface area (Å²) >= 11 is 0. The van der Waals surface area contributed by atoms with E-state index in [1.54, 1.807) is 6.20 Å². The monoisotopic (exact) mass is 276 g/mol. The number of hydrogen-bond acceptors (Lipinski definition) is 4. The first-order valence-corrected chi connectivity index (χ1v) is 7.05. The van der Waals surface area contributed by atoms with Crippen LogP contribution in [-0.4, -0.2) is 20.8 Å². The van der Waals surface area contributed by atoms with Crippen LogP contribution < -0.4 is 5.32 Å². The van der Waals surface area contributed by atoms with Crippen LogP contribution in [0, 0.1) is 0 Å². The molecule has 0 aliphatic carbocycles. The summed E-state index contributed by atoms with van der Waals surface area (Å²) < 4.78 is 7.73. The summed E-state index contributed by atoms with van der Waals surface area (Å²) in [4.78, 5) is 4.33. The molecule has 0 fully saturated rings. The highest BCUT2D eigenvalue weighted by atomic mass is 16.4. The molecule has 2 aromatic heterocycles. The van der Waals surface area contributed by atoms with Crippen molar-refractivity contribution >= 4 is 0 Å². The van der Waals surface area contributed by atoms with Crippen molar-refractivity contribution in [2.75, 3.05) is 0 Å². The molecule has 2 aromatic rings. The van der Waals surface area contributed by atoms with Gasteiger partial charge in [-0.1, -0.05) is 20.8 Å². The van der Waals surface area contributed by atoms with Crippen LogP contribution in [0.2, 0.25) is 0 Å². The predicted molar refractivity (Wildman–Crippen MR) is 78.4 cm³/mol. The number of nitrogens with one attached hydrogen (secondary N) is 1. The SMILES string of the molecule is C[C@H]([C@@H](C)NCc1ncc(C(C)(C)C)o1)n1cccn1. The van der Waals surface area contributed by atoms with E-state index in [1.807, 2.05) is 23.1 Å². The van der Waals surface area contributed by atoms with Gasteiger partial charge < -0.3 is 9.73 Å². The number of aromatic nitrogens is 3. The highest BCUT2D eigenvalue weighted by Crippen LogP contribution is 2.22. The highest BCUT2D eigenvalue weighted by Gasteiger charge is 2.20. The fourth-order valence-electron chi connectivity index (χ4n) is 1.91. The fourth-order valence-corrected chi connectivity index (χ4v) is 1.91. The lowest BCUT2D eigenvalue weighted by molar-refractivity contribution is 0.332. The third kappa shape index (κ3) is 3.48. The van der Waals surface area contributed by atoms with E-state index in [1.165, 1.54) is 0 Å². The summed E-state index contributed by atoms with van der Waals surface area (Å²) in [5.41, 5.74) is -0.000776. The molecular formula is C15H24N4O. The maximum absolute atomic E-state index is 5.77. The second-order valence-corrected chi connectivity index (χ2v) is 6.26. The standard InChI is InChI=1S/C15H24N4O/c1-11(12(2)19-8-6-7-18-19)16-10-14-17-9-13(20-14)15(3,4)5/h6-9,11-12,16H,10H2,1-5H3/t11-,12-/m1/s1. The van der Waals surface area contributed by atoms with E-state index in [2.05, 4.69) is 50.0 Å². The molecule has 2 rings (SSSR count). The van der Waals surface area contributed by atoms with Gasteiger partial charge in [0, 0.05) is 23.9 Å². The highest BCUT2D eigenvalue weighted by molar-refractivity contribution is 5.06. The van der Waals surface area contributed by atoms with Crippen LogP contribution in [0.3, 0.4) is 0 Å². The second-order valence-electron chi connectivity index (χ2n) is 6.26. The van der Waals surface area contributed by atoms with Crippen LogP contribution >= 0.6 is 0 Å². The lowest BCUT2D eigenvalue weighted by Gasteiger charge is -2.21. The van der Waals surface area contributed by atoms with Crippen LogP contribution in [0.4, 0.5) is 0 Å². The second kappa shape index (κ2) is 5.79. The largest absolute Gasteiger partial charge is 0.444 e. The number of rotatable bonds is 5. The van der Waals surface area contributed by atoms with E-state index in [9.17, 15) is 0 Å². The van der Waals surface area contributed by atoms with Crippen LogP contribution in [-0.2, 0) is 12.0 Å². The Bertz CT molecular complexity index is 524. The molecule has 0 aliphatic heterocycles. The Kier molecular flexibility index (Phi) is 4.28. The zero-order valence-electron chi connectivity index (χ0n) is 12.9. The van der Waals surface area contributed by atoms with Crippen molar-refractivity contribution in [3.05, 3.63) is 36.3 Å². The first-order chi connectivity index (χ1) is 9.38. The molecule has 2 heterocycles. The summed E-state index contributed by atoms with van der Waals surface area (Å²) in [6, 6.07) is 2.49. The lowest BCUT2D eigenvalue weighted by Crippen LogP contribution is -2.33. The molecule has 0 aliphatic rings. The van der Waals surface area contributed by atoms with Gasteiger partial charge in [-0.15, -0.1) is 0 Å². The first kappa shape index (κ1) is 14.8. The molecule has 0 amide bonds. The lowest BCUT2D eigenvalue weighted by atomic mass is 9.94. The average Bonchev–Trinajstić information content (AvgIpc) is 3.04. The first-order valence-electron chi connectivity index (χ1n) is 7.05. The Balaban J connectivity index is 1.90. The molecule has 5 nitrogen and oxygen atoms in total. The van der Waals surface area contributed by atoms with Crippen LogP contribution in [0.25, 0.3) is 0 Å². The third-order valence-electron chi connectivity index (χ3n) is 3.53. The van der Waals surface area contributed by atoms with E-state index < -0.39 is 0 Å². The van der Waals surface area contributed by atoms with Gasteiger partial charge in [0.25, 0.3) is 0 Å². The summed E-state index contributed by atoms with van der Waals surface area (Å²) in [6.45, 7) is 11.3. The molecule has 5 heteroatoms. The minimum absolute atomic E-state index is 0.000776. The van der Waals surface area contributed by atoms with Gasteiger partial charge in [-0.3, -0.25) is 4.68 Å². The maximum atomic E-state index is 5.77. The minimum Gasteiger partial charge on any atom is -0.444 e. The summed E-state index contributed by atoms with van der Waals surface area (Å²) in [6.07, 6.45) is 5.59. The van der Waals surface area contributed by atoms with E-state index in [0.29, 0.717) is 6.54 Å². The zero-order chi connectivity index (χ0) is 14.8. The molecule has 1 N–H and O–H groups in total. The fraction of sp³-hybridized carbons (Fsp3) is 0.600. The molecule has 0 bridgehead atoms. The van der Waals surface area contributed by atoms with E-state index in [-0.39, 0.29) is 17.5 Å². The molecule has 0 aromatic carbocycles. The van der Waals surface area contributed by atoms with Crippen LogP contribution in [0.15, 0.2) is 29.1 Å². The van der Waals surface area contributed by atoms with Gasteiger partial charge in [0.1, 0.15) is 5.76 Å². The van der Waals surface area contributed by atoms with Gasteiger partial charge in [-0.25, -0.2) is 4.98 Å². The number of hydrogen-bond donors (Lipinski definition) is 1. The van der Waals surface area contributed by atoms with Gasteiger partial charge in [-0.05, 0) is 19.9 Å². The van der Waals surface area contributed by atoms with E-state index >= 15 is 0 Å². The molecule has 2 atom stereocenters. The van der Waals surface area contributed by atoms with Crippen molar-refractivity contribution in [1.82, 2.24) is 20.1 Å². The van der Waals surface area contributed by atoms with Crippen molar-refractivity contribution < 1.29 is 4.42 Å². The van der Waals surface area contributed by atoms with Gasteiger partial charge in [-0.2, -0.15) is 5.10 Å². The quantitative estimate of drug-likeness (QED) is 0.912. The summed E-state index contributed by atoms with van der Waals surface area (Å²) in [5, 5.41) is 7.70. The number of oxazole rings is 1. The zero-order valence-corrected chi connectivity index (χ0v) is 12.9. The van der Waals surface area contributed by atoms with Gasteiger partial charge >= 0.3 is 0 Å². The smallest absolute Gasteiger partial charge is 0.208 e.